The quantitative estimate of drug-likeness (QED) is 0.334. The molecule has 0 fully saturated rings. The Morgan fingerprint density at radius 2 is 2.39 bits per heavy atom. The number of nitrogens with zero attached hydrogens (tertiary/aromatic N) is 1. The van der Waals surface area contributed by atoms with Crippen molar-refractivity contribution in [3.05, 3.63) is 20.3 Å². The number of rotatable bonds is 5. The van der Waals surface area contributed by atoms with Crippen molar-refractivity contribution in [1.29, 1.82) is 0 Å². The van der Waals surface area contributed by atoms with Crippen molar-refractivity contribution in [2.45, 2.75) is 32.7 Å². The van der Waals surface area contributed by atoms with E-state index in [4.69, 9.17) is 10.9 Å². The average Bonchev–Trinajstić information content (AvgIpc) is 2.68. The normalized spacial score (nSPS) is 13.4. The molecule has 0 bridgehead atoms. The third-order valence-electron chi connectivity index (χ3n) is 2.49. The summed E-state index contributed by atoms with van der Waals surface area (Å²) in [4.78, 5) is 12.6. The summed E-state index contributed by atoms with van der Waals surface area (Å²) in [6.07, 6.45) is 1.05. The first-order valence-electron chi connectivity index (χ1n) is 5.51. The molecule has 1 heterocycles. The molecule has 1 aromatic heterocycles. The Balaban J connectivity index is 2.67. The van der Waals surface area contributed by atoms with Gasteiger partial charge < -0.3 is 16.3 Å². The van der Waals surface area contributed by atoms with Gasteiger partial charge in [-0.05, 0) is 40.9 Å². The van der Waals surface area contributed by atoms with E-state index in [1.165, 1.54) is 11.3 Å². The first-order valence-corrected chi connectivity index (χ1v) is 7.12. The van der Waals surface area contributed by atoms with Crippen LogP contribution in [-0.2, 0) is 0 Å². The van der Waals surface area contributed by atoms with Crippen LogP contribution in [0.1, 0.15) is 35.0 Å². The fourth-order valence-corrected chi connectivity index (χ4v) is 2.86. The molecule has 100 valence electrons. The van der Waals surface area contributed by atoms with E-state index >= 15 is 0 Å². The summed E-state index contributed by atoms with van der Waals surface area (Å²) < 4.78 is 0.956. The molecule has 5 nitrogen and oxygen atoms in total. The van der Waals surface area contributed by atoms with E-state index in [-0.39, 0.29) is 17.8 Å². The molecule has 0 radical (unpaired) electrons. The Kier molecular flexibility index (Phi) is 5.61. The zero-order chi connectivity index (χ0) is 13.7. The van der Waals surface area contributed by atoms with E-state index in [1.54, 1.807) is 0 Å². The zero-order valence-electron chi connectivity index (χ0n) is 10.2. The largest absolute Gasteiger partial charge is 0.409 e. The Labute approximate surface area is 118 Å². The summed E-state index contributed by atoms with van der Waals surface area (Å²) >= 11 is 4.78. The van der Waals surface area contributed by atoms with Gasteiger partial charge in [0.25, 0.3) is 5.91 Å². The molecule has 1 amide bonds. The summed E-state index contributed by atoms with van der Waals surface area (Å²) in [5.74, 6) is -0.0166. The van der Waals surface area contributed by atoms with Crippen LogP contribution in [0.25, 0.3) is 0 Å². The van der Waals surface area contributed by atoms with Gasteiger partial charge in [-0.2, -0.15) is 0 Å². The lowest BCUT2D eigenvalue weighted by Crippen LogP contribution is -2.37. The van der Waals surface area contributed by atoms with Crippen LogP contribution in [0.15, 0.2) is 15.0 Å². The number of oxime groups is 1. The maximum Gasteiger partial charge on any atom is 0.261 e. The summed E-state index contributed by atoms with van der Waals surface area (Å²) in [7, 11) is 0. The number of carbonyl (C=O) groups excluding carboxylic acids is 1. The minimum absolute atomic E-state index is 0.116. The highest BCUT2D eigenvalue weighted by atomic mass is 79.9. The summed E-state index contributed by atoms with van der Waals surface area (Å²) in [6, 6.07) is 1.70. The number of nitrogens with one attached hydrogen (secondary N) is 1. The van der Waals surface area contributed by atoms with Crippen molar-refractivity contribution in [3.63, 3.8) is 0 Å². The second-order valence-electron chi connectivity index (χ2n) is 3.94. The topological polar surface area (TPSA) is 87.7 Å². The summed E-state index contributed by atoms with van der Waals surface area (Å²) in [6.45, 7) is 3.87. The van der Waals surface area contributed by atoms with Gasteiger partial charge in [-0.15, -0.1) is 11.3 Å². The number of amidine groups is 1. The summed E-state index contributed by atoms with van der Waals surface area (Å²) in [5, 5.41) is 14.3. The number of amides is 1. The number of halogens is 1. The van der Waals surface area contributed by atoms with E-state index in [1.807, 2.05) is 19.9 Å². The van der Waals surface area contributed by atoms with Crippen molar-refractivity contribution in [3.8, 4) is 0 Å². The molecule has 0 spiro atoms. The fraction of sp³-hybridized carbons (Fsp3) is 0.455. The van der Waals surface area contributed by atoms with Gasteiger partial charge in [0, 0.05) is 12.5 Å². The lowest BCUT2D eigenvalue weighted by atomic mass is 10.1. The highest BCUT2D eigenvalue weighted by Gasteiger charge is 2.16. The SMILES string of the molecule is CCC(CC(N)=NO)NC(=O)c1cc(C)c(Br)s1. The number of nitrogens with two attached hydrogens (primary N) is 1. The highest BCUT2D eigenvalue weighted by Crippen LogP contribution is 2.27. The molecule has 0 saturated carbocycles. The molecule has 1 unspecified atom stereocenters. The maximum atomic E-state index is 12.0. The number of hydrogen-bond donors (Lipinski definition) is 3. The molecule has 0 aromatic carbocycles. The van der Waals surface area contributed by atoms with Crippen LogP contribution in [0.5, 0.6) is 0 Å². The third kappa shape index (κ3) is 3.99. The Morgan fingerprint density at radius 1 is 1.72 bits per heavy atom. The minimum atomic E-state index is -0.133. The molecule has 0 aliphatic carbocycles. The molecule has 0 saturated heterocycles. The van der Waals surface area contributed by atoms with Gasteiger partial charge in [0.2, 0.25) is 0 Å². The molecular formula is C11H16BrN3O2S. The first kappa shape index (κ1) is 15.0. The molecule has 1 aromatic rings. The predicted molar refractivity (Wildman–Crippen MR) is 76.3 cm³/mol. The van der Waals surface area contributed by atoms with Crippen molar-refractivity contribution in [2.24, 2.45) is 10.9 Å². The number of carbonyl (C=O) groups is 1. The standard InChI is InChI=1S/C11H16BrN3O2S/c1-3-7(5-9(13)15-17)14-11(16)8-4-6(2)10(12)18-8/h4,7,17H,3,5H2,1-2H3,(H2,13,15)(H,14,16). The molecule has 1 atom stereocenters. The van der Waals surface area contributed by atoms with Gasteiger partial charge in [0.1, 0.15) is 5.84 Å². The molecule has 0 aliphatic rings. The summed E-state index contributed by atoms with van der Waals surface area (Å²) in [5.41, 5.74) is 6.47. The Hall–Kier alpha value is -1.08. The van der Waals surface area contributed by atoms with E-state index in [9.17, 15) is 4.79 Å². The molecule has 1 rings (SSSR count). The van der Waals surface area contributed by atoms with E-state index in [0.717, 1.165) is 9.35 Å². The van der Waals surface area contributed by atoms with Crippen LogP contribution in [0.4, 0.5) is 0 Å². The van der Waals surface area contributed by atoms with Crippen molar-refractivity contribution >= 4 is 39.0 Å². The van der Waals surface area contributed by atoms with Crippen LogP contribution < -0.4 is 11.1 Å². The van der Waals surface area contributed by atoms with Crippen LogP contribution in [-0.4, -0.2) is 23.0 Å². The molecule has 18 heavy (non-hydrogen) atoms. The fourth-order valence-electron chi connectivity index (χ4n) is 1.42. The van der Waals surface area contributed by atoms with Gasteiger partial charge in [0.05, 0.1) is 8.66 Å². The number of hydrogen-bond acceptors (Lipinski definition) is 4. The van der Waals surface area contributed by atoms with E-state index in [0.29, 0.717) is 17.7 Å². The average molecular weight is 334 g/mol. The van der Waals surface area contributed by atoms with Gasteiger partial charge >= 0.3 is 0 Å². The lowest BCUT2D eigenvalue weighted by Gasteiger charge is -2.15. The smallest absolute Gasteiger partial charge is 0.261 e. The maximum absolute atomic E-state index is 12.0. The third-order valence-corrected chi connectivity index (χ3v) is 4.63. The van der Waals surface area contributed by atoms with Gasteiger partial charge in [-0.1, -0.05) is 12.1 Å². The monoisotopic (exact) mass is 333 g/mol. The zero-order valence-corrected chi connectivity index (χ0v) is 12.6. The molecule has 4 N–H and O–H groups in total. The van der Waals surface area contributed by atoms with Crippen molar-refractivity contribution in [2.75, 3.05) is 0 Å². The predicted octanol–water partition coefficient (Wildman–Crippen LogP) is 2.46. The van der Waals surface area contributed by atoms with Gasteiger partial charge in [-0.3, -0.25) is 4.79 Å². The van der Waals surface area contributed by atoms with Crippen LogP contribution in [0.3, 0.4) is 0 Å². The Morgan fingerprint density at radius 3 is 2.83 bits per heavy atom. The van der Waals surface area contributed by atoms with Crippen LogP contribution in [0, 0.1) is 6.92 Å². The van der Waals surface area contributed by atoms with Crippen molar-refractivity contribution < 1.29 is 10.0 Å². The van der Waals surface area contributed by atoms with Crippen LogP contribution in [0.2, 0.25) is 0 Å². The number of thiophene rings is 1. The second kappa shape index (κ2) is 6.75. The molecular weight excluding hydrogens is 318 g/mol. The first-order chi connectivity index (χ1) is 8.47. The molecule has 0 aliphatic heterocycles. The minimum Gasteiger partial charge on any atom is -0.409 e. The highest BCUT2D eigenvalue weighted by molar-refractivity contribution is 9.11. The van der Waals surface area contributed by atoms with Crippen molar-refractivity contribution in [1.82, 2.24) is 5.32 Å². The van der Waals surface area contributed by atoms with E-state index < -0.39 is 0 Å². The van der Waals surface area contributed by atoms with Crippen LogP contribution >= 0.6 is 27.3 Å². The Bertz CT molecular complexity index is 440. The van der Waals surface area contributed by atoms with Gasteiger partial charge in [0.15, 0.2) is 0 Å². The van der Waals surface area contributed by atoms with E-state index in [2.05, 4.69) is 26.4 Å². The lowest BCUT2D eigenvalue weighted by molar-refractivity contribution is 0.0941. The number of aryl methyl sites for hydroxylation is 1. The van der Waals surface area contributed by atoms with Gasteiger partial charge in [-0.25, -0.2) is 0 Å². The molecule has 7 heteroatoms. The second-order valence-corrected chi connectivity index (χ2v) is 6.31.